The van der Waals surface area contributed by atoms with Gasteiger partial charge in [0.1, 0.15) is 0 Å². The first-order chi connectivity index (χ1) is 8.83. The molecule has 0 aliphatic heterocycles. The molecule has 0 bridgehead atoms. The van der Waals surface area contributed by atoms with Gasteiger partial charge in [0.25, 0.3) is 0 Å². The highest BCUT2D eigenvalue weighted by molar-refractivity contribution is 5.64. The van der Waals surface area contributed by atoms with Crippen molar-refractivity contribution in [3.05, 3.63) is 59.7 Å². The largest absolute Gasteiger partial charge is 0.0651 e. The standard InChI is InChI=1S/C18H22/c1-3-6-15-10-12-17(13-11-15)18-9-5-8-16(14-18)7-4-2/h5,8-14H,3-4,6-7H2,1-2H3. The minimum absolute atomic E-state index is 1.17. The van der Waals surface area contributed by atoms with E-state index >= 15 is 0 Å². The maximum Gasteiger partial charge on any atom is -0.0181 e. The Labute approximate surface area is 111 Å². The van der Waals surface area contributed by atoms with Crippen LogP contribution in [-0.4, -0.2) is 0 Å². The zero-order valence-corrected chi connectivity index (χ0v) is 11.4. The lowest BCUT2D eigenvalue weighted by atomic mass is 9.99. The van der Waals surface area contributed by atoms with E-state index in [9.17, 15) is 0 Å². The van der Waals surface area contributed by atoms with E-state index in [1.807, 2.05) is 0 Å². The number of hydrogen-bond acceptors (Lipinski definition) is 0. The van der Waals surface area contributed by atoms with Crippen molar-refractivity contribution in [1.82, 2.24) is 0 Å². The molecule has 0 fully saturated rings. The molecule has 2 rings (SSSR count). The van der Waals surface area contributed by atoms with Gasteiger partial charge >= 0.3 is 0 Å². The zero-order valence-electron chi connectivity index (χ0n) is 11.4. The molecule has 2 aromatic carbocycles. The number of benzene rings is 2. The average Bonchev–Trinajstić information content (AvgIpc) is 2.41. The van der Waals surface area contributed by atoms with E-state index < -0.39 is 0 Å². The Morgan fingerprint density at radius 1 is 0.667 bits per heavy atom. The lowest BCUT2D eigenvalue weighted by molar-refractivity contribution is 0.921. The maximum absolute atomic E-state index is 2.32. The monoisotopic (exact) mass is 238 g/mol. The molecule has 0 N–H and O–H groups in total. The first-order valence-corrected chi connectivity index (χ1v) is 7.01. The van der Waals surface area contributed by atoms with Gasteiger partial charge in [-0.15, -0.1) is 0 Å². The van der Waals surface area contributed by atoms with Gasteiger partial charge in [-0.05, 0) is 35.1 Å². The fourth-order valence-electron chi connectivity index (χ4n) is 2.35. The van der Waals surface area contributed by atoms with Crippen LogP contribution in [0.3, 0.4) is 0 Å². The summed E-state index contributed by atoms with van der Waals surface area (Å²) in [4.78, 5) is 0. The van der Waals surface area contributed by atoms with E-state index in [2.05, 4.69) is 62.4 Å². The topological polar surface area (TPSA) is 0 Å². The summed E-state index contributed by atoms with van der Waals surface area (Å²) in [5, 5.41) is 0. The fourth-order valence-corrected chi connectivity index (χ4v) is 2.35. The second-order valence-corrected chi connectivity index (χ2v) is 4.90. The Bertz CT molecular complexity index is 480. The predicted molar refractivity (Wildman–Crippen MR) is 79.9 cm³/mol. The molecule has 0 aliphatic carbocycles. The number of rotatable bonds is 5. The summed E-state index contributed by atoms with van der Waals surface area (Å²) in [6.07, 6.45) is 4.77. The van der Waals surface area contributed by atoms with Crippen molar-refractivity contribution in [3.63, 3.8) is 0 Å². The van der Waals surface area contributed by atoms with E-state index in [1.54, 1.807) is 0 Å². The van der Waals surface area contributed by atoms with Gasteiger partial charge in [0.05, 0.1) is 0 Å². The maximum atomic E-state index is 2.32. The molecule has 0 amide bonds. The third-order valence-corrected chi connectivity index (χ3v) is 3.29. The van der Waals surface area contributed by atoms with E-state index in [4.69, 9.17) is 0 Å². The molecule has 0 heterocycles. The summed E-state index contributed by atoms with van der Waals surface area (Å²) >= 11 is 0. The van der Waals surface area contributed by atoms with Crippen LogP contribution >= 0.6 is 0 Å². The summed E-state index contributed by atoms with van der Waals surface area (Å²) in [5.74, 6) is 0. The molecule has 0 spiro atoms. The van der Waals surface area contributed by atoms with Gasteiger partial charge in [0, 0.05) is 0 Å². The molecule has 0 heteroatoms. The molecule has 0 radical (unpaired) electrons. The van der Waals surface area contributed by atoms with E-state index in [-0.39, 0.29) is 0 Å². The van der Waals surface area contributed by atoms with Crippen molar-refractivity contribution in [2.24, 2.45) is 0 Å². The van der Waals surface area contributed by atoms with E-state index in [1.165, 1.54) is 47.9 Å². The first-order valence-electron chi connectivity index (χ1n) is 7.01. The Morgan fingerprint density at radius 3 is 2.00 bits per heavy atom. The molecular weight excluding hydrogens is 216 g/mol. The quantitative estimate of drug-likeness (QED) is 0.666. The van der Waals surface area contributed by atoms with Crippen LogP contribution in [0.4, 0.5) is 0 Å². The molecule has 0 saturated heterocycles. The van der Waals surface area contributed by atoms with Crippen molar-refractivity contribution in [2.75, 3.05) is 0 Å². The Balaban J connectivity index is 2.22. The lowest BCUT2D eigenvalue weighted by Crippen LogP contribution is -1.86. The normalized spacial score (nSPS) is 10.6. The van der Waals surface area contributed by atoms with Crippen LogP contribution in [0, 0.1) is 0 Å². The van der Waals surface area contributed by atoms with Gasteiger partial charge < -0.3 is 0 Å². The smallest absolute Gasteiger partial charge is 0.0181 e. The minimum Gasteiger partial charge on any atom is -0.0651 e. The van der Waals surface area contributed by atoms with Gasteiger partial charge in [-0.3, -0.25) is 0 Å². The molecule has 0 unspecified atom stereocenters. The Hall–Kier alpha value is -1.56. The van der Waals surface area contributed by atoms with Crippen LogP contribution in [0.1, 0.15) is 37.8 Å². The Kier molecular flexibility index (Phi) is 4.58. The second kappa shape index (κ2) is 6.39. The van der Waals surface area contributed by atoms with E-state index in [0.717, 1.165) is 0 Å². The van der Waals surface area contributed by atoms with Crippen molar-refractivity contribution >= 4 is 0 Å². The van der Waals surface area contributed by atoms with Gasteiger partial charge in [-0.1, -0.05) is 75.2 Å². The third kappa shape index (κ3) is 3.22. The molecule has 94 valence electrons. The van der Waals surface area contributed by atoms with Crippen molar-refractivity contribution in [1.29, 1.82) is 0 Å². The zero-order chi connectivity index (χ0) is 12.8. The molecule has 0 saturated carbocycles. The minimum atomic E-state index is 1.17. The molecular formula is C18H22. The summed E-state index contributed by atoms with van der Waals surface area (Å²) in [5.41, 5.74) is 5.54. The van der Waals surface area contributed by atoms with Crippen LogP contribution in [0.2, 0.25) is 0 Å². The van der Waals surface area contributed by atoms with Crippen LogP contribution in [0.25, 0.3) is 11.1 Å². The Morgan fingerprint density at radius 2 is 1.33 bits per heavy atom. The summed E-state index contributed by atoms with van der Waals surface area (Å²) in [7, 11) is 0. The third-order valence-electron chi connectivity index (χ3n) is 3.29. The highest BCUT2D eigenvalue weighted by atomic mass is 14.0. The summed E-state index contributed by atoms with van der Waals surface area (Å²) in [6, 6.07) is 17.9. The highest BCUT2D eigenvalue weighted by Gasteiger charge is 1.99. The average molecular weight is 238 g/mol. The molecule has 0 nitrogen and oxygen atoms in total. The first kappa shape index (κ1) is 12.9. The van der Waals surface area contributed by atoms with Gasteiger partial charge in [0.15, 0.2) is 0 Å². The van der Waals surface area contributed by atoms with Crippen LogP contribution in [0.5, 0.6) is 0 Å². The second-order valence-electron chi connectivity index (χ2n) is 4.90. The molecule has 18 heavy (non-hydrogen) atoms. The SMILES string of the molecule is CCCc1ccc(-c2cccc(CCC)c2)cc1. The number of aryl methyl sites for hydroxylation is 2. The molecule has 0 aliphatic rings. The van der Waals surface area contributed by atoms with Gasteiger partial charge in [-0.25, -0.2) is 0 Å². The fraction of sp³-hybridized carbons (Fsp3) is 0.333. The molecule has 0 aromatic heterocycles. The summed E-state index contributed by atoms with van der Waals surface area (Å²) < 4.78 is 0. The molecule has 0 atom stereocenters. The van der Waals surface area contributed by atoms with Crippen LogP contribution in [-0.2, 0) is 12.8 Å². The van der Waals surface area contributed by atoms with E-state index in [0.29, 0.717) is 0 Å². The highest BCUT2D eigenvalue weighted by Crippen LogP contribution is 2.22. The van der Waals surface area contributed by atoms with Crippen molar-refractivity contribution < 1.29 is 0 Å². The van der Waals surface area contributed by atoms with Crippen LogP contribution < -0.4 is 0 Å². The number of hydrogen-bond donors (Lipinski definition) is 0. The van der Waals surface area contributed by atoms with Crippen LogP contribution in [0.15, 0.2) is 48.5 Å². The lowest BCUT2D eigenvalue weighted by Gasteiger charge is -2.06. The summed E-state index contributed by atoms with van der Waals surface area (Å²) in [6.45, 7) is 4.45. The van der Waals surface area contributed by atoms with Gasteiger partial charge in [0.2, 0.25) is 0 Å². The predicted octanol–water partition coefficient (Wildman–Crippen LogP) is 5.26. The molecule has 2 aromatic rings. The van der Waals surface area contributed by atoms with Crippen molar-refractivity contribution in [3.8, 4) is 11.1 Å². The van der Waals surface area contributed by atoms with Gasteiger partial charge in [-0.2, -0.15) is 0 Å². The van der Waals surface area contributed by atoms with Crippen molar-refractivity contribution in [2.45, 2.75) is 39.5 Å².